The lowest BCUT2D eigenvalue weighted by molar-refractivity contribution is -0.383. The van der Waals surface area contributed by atoms with Crippen LogP contribution in [0.2, 0.25) is 0 Å². The fourth-order valence-corrected chi connectivity index (χ4v) is 4.09. The summed E-state index contributed by atoms with van der Waals surface area (Å²) in [6.45, 7) is 2.78. The van der Waals surface area contributed by atoms with Crippen molar-refractivity contribution >= 4 is 35.0 Å². The Morgan fingerprint density at radius 1 is 1.29 bits per heavy atom. The maximum absolute atomic E-state index is 12.9. The lowest BCUT2D eigenvalue weighted by Gasteiger charge is -2.34. The number of benzene rings is 1. The van der Waals surface area contributed by atoms with E-state index in [1.54, 1.807) is 6.07 Å². The van der Waals surface area contributed by atoms with Gasteiger partial charge in [0.15, 0.2) is 0 Å². The first-order valence-electron chi connectivity index (χ1n) is 10.1. The van der Waals surface area contributed by atoms with E-state index in [4.69, 9.17) is 0 Å². The van der Waals surface area contributed by atoms with E-state index in [9.17, 15) is 24.5 Å². The van der Waals surface area contributed by atoms with E-state index in [0.29, 0.717) is 5.95 Å². The average Bonchev–Trinajstić information content (AvgIpc) is 2.73. The van der Waals surface area contributed by atoms with Crippen molar-refractivity contribution in [1.29, 1.82) is 0 Å². The number of nitro benzene ring substituents is 1. The quantitative estimate of drug-likeness (QED) is 0.500. The van der Waals surface area contributed by atoms with Gasteiger partial charge in [-0.25, -0.2) is 0 Å². The molecule has 0 radical (unpaired) electrons. The Morgan fingerprint density at radius 2 is 2.06 bits per heavy atom. The minimum Gasteiger partial charge on any atom is -0.340 e. The molecule has 1 aromatic heterocycles. The van der Waals surface area contributed by atoms with E-state index in [1.807, 2.05) is 11.8 Å². The second-order valence-corrected chi connectivity index (χ2v) is 7.76. The van der Waals surface area contributed by atoms with Gasteiger partial charge in [-0.05, 0) is 32.3 Å². The monoisotopic (exact) mass is 426 g/mol. The number of aromatic amines is 1. The van der Waals surface area contributed by atoms with Gasteiger partial charge in [0.1, 0.15) is 11.5 Å². The Hall–Kier alpha value is -3.76. The summed E-state index contributed by atoms with van der Waals surface area (Å²) in [6, 6.07) is 5.87. The average molecular weight is 426 g/mol. The molecular formula is C20H22N6O5. The molecule has 2 amide bonds. The molecule has 3 heterocycles. The van der Waals surface area contributed by atoms with Crippen LogP contribution in [0.4, 0.5) is 23.1 Å². The number of nitrogens with one attached hydrogen (secondary N) is 3. The van der Waals surface area contributed by atoms with Crippen LogP contribution < -0.4 is 21.1 Å². The number of rotatable bonds is 4. The highest BCUT2D eigenvalue weighted by molar-refractivity contribution is 6.05. The fraction of sp³-hybridized carbons (Fsp3) is 0.400. The van der Waals surface area contributed by atoms with Gasteiger partial charge in [-0.3, -0.25) is 29.5 Å². The normalized spacial score (nSPS) is 20.5. The summed E-state index contributed by atoms with van der Waals surface area (Å²) < 4.78 is 0. The summed E-state index contributed by atoms with van der Waals surface area (Å²) in [5.41, 5.74) is -0.754. The molecule has 3 N–H and O–H groups in total. The van der Waals surface area contributed by atoms with Crippen LogP contribution in [-0.2, 0) is 9.59 Å². The molecule has 11 nitrogen and oxygen atoms in total. The zero-order valence-electron chi connectivity index (χ0n) is 16.9. The van der Waals surface area contributed by atoms with E-state index in [0.717, 1.165) is 25.8 Å². The van der Waals surface area contributed by atoms with Gasteiger partial charge in [0.25, 0.3) is 11.2 Å². The molecule has 4 rings (SSSR count). The van der Waals surface area contributed by atoms with Crippen LogP contribution in [0.5, 0.6) is 0 Å². The van der Waals surface area contributed by atoms with Crippen molar-refractivity contribution in [2.75, 3.05) is 22.1 Å². The fourth-order valence-electron chi connectivity index (χ4n) is 4.09. The summed E-state index contributed by atoms with van der Waals surface area (Å²) in [5.74, 6) is -1.85. The summed E-state index contributed by atoms with van der Waals surface area (Å²) >= 11 is 0. The molecule has 1 saturated heterocycles. The largest absolute Gasteiger partial charge is 0.340 e. The smallest absolute Gasteiger partial charge is 0.292 e. The molecule has 2 aliphatic heterocycles. The molecule has 1 aromatic carbocycles. The summed E-state index contributed by atoms with van der Waals surface area (Å²) in [6.07, 6.45) is 2.77. The first-order chi connectivity index (χ1) is 14.8. The second-order valence-electron chi connectivity index (χ2n) is 7.76. The SMILES string of the molecule is C[C@@H]1CCCCN1c1nc2c(c(=O)[nH]1)[C@@H](C(=O)Nc1ccccc1[N+](=O)[O-])CC(=O)N2. The standard InChI is InChI=1S/C20H22N6O5/c1-11-6-4-5-9-25(11)20-23-17-16(19(29)24-20)12(10-15(27)22-17)18(28)21-13-7-2-3-8-14(13)26(30)31/h2-3,7-8,11-12H,4-6,9-10H2,1H3,(H,21,28)(H2,22,23,24,27,29)/t11-,12+/m1/s1. The number of carbonyl (C=O) groups excluding carboxylic acids is 2. The van der Waals surface area contributed by atoms with Gasteiger partial charge in [-0.2, -0.15) is 4.98 Å². The second kappa shape index (κ2) is 8.17. The molecule has 2 aliphatic rings. The minimum absolute atomic E-state index is 0.00631. The van der Waals surface area contributed by atoms with E-state index >= 15 is 0 Å². The summed E-state index contributed by atoms with van der Waals surface area (Å²) in [4.78, 5) is 57.9. The zero-order chi connectivity index (χ0) is 22.1. The molecule has 0 saturated carbocycles. The molecule has 11 heteroatoms. The molecular weight excluding hydrogens is 404 g/mol. The predicted octanol–water partition coefficient (Wildman–Crippen LogP) is 2.12. The highest BCUT2D eigenvalue weighted by Gasteiger charge is 2.36. The highest BCUT2D eigenvalue weighted by Crippen LogP contribution is 2.32. The third kappa shape index (κ3) is 3.98. The number of hydrogen-bond donors (Lipinski definition) is 3. The summed E-state index contributed by atoms with van der Waals surface area (Å²) in [5, 5.41) is 16.3. The van der Waals surface area contributed by atoms with Gasteiger partial charge in [0, 0.05) is 25.1 Å². The number of H-pyrrole nitrogens is 1. The van der Waals surface area contributed by atoms with Crippen molar-refractivity contribution in [3.8, 4) is 0 Å². The van der Waals surface area contributed by atoms with Crippen molar-refractivity contribution in [2.45, 2.75) is 44.6 Å². The van der Waals surface area contributed by atoms with Crippen molar-refractivity contribution in [1.82, 2.24) is 9.97 Å². The van der Waals surface area contributed by atoms with Crippen molar-refractivity contribution < 1.29 is 14.5 Å². The Balaban J connectivity index is 1.68. The Labute approximate surface area is 177 Å². The lowest BCUT2D eigenvalue weighted by atomic mass is 9.92. The van der Waals surface area contributed by atoms with Crippen LogP contribution in [0.25, 0.3) is 0 Å². The number of piperidine rings is 1. The van der Waals surface area contributed by atoms with Gasteiger partial charge >= 0.3 is 0 Å². The molecule has 31 heavy (non-hydrogen) atoms. The molecule has 162 valence electrons. The maximum atomic E-state index is 12.9. The van der Waals surface area contributed by atoms with Crippen LogP contribution in [-0.4, -0.2) is 39.3 Å². The van der Waals surface area contributed by atoms with Crippen LogP contribution in [0.1, 0.15) is 44.1 Å². The zero-order valence-corrected chi connectivity index (χ0v) is 16.9. The predicted molar refractivity (Wildman–Crippen MR) is 113 cm³/mol. The van der Waals surface area contributed by atoms with Crippen LogP contribution in [0.15, 0.2) is 29.1 Å². The topological polar surface area (TPSA) is 150 Å². The lowest BCUT2D eigenvalue weighted by Crippen LogP contribution is -2.42. The van der Waals surface area contributed by atoms with Crippen LogP contribution in [0, 0.1) is 10.1 Å². The molecule has 2 aromatic rings. The number of nitrogens with zero attached hydrogens (tertiary/aromatic N) is 3. The molecule has 0 spiro atoms. The molecule has 0 unspecified atom stereocenters. The number of carbonyl (C=O) groups is 2. The number of nitro groups is 1. The molecule has 2 atom stereocenters. The van der Waals surface area contributed by atoms with E-state index in [1.165, 1.54) is 18.2 Å². The Bertz CT molecular complexity index is 1110. The molecule has 0 aliphatic carbocycles. The van der Waals surface area contributed by atoms with Gasteiger partial charge in [-0.1, -0.05) is 12.1 Å². The number of fused-ring (bicyclic) bond motifs is 1. The third-order valence-electron chi connectivity index (χ3n) is 5.69. The van der Waals surface area contributed by atoms with Crippen LogP contribution in [0.3, 0.4) is 0 Å². The van der Waals surface area contributed by atoms with Gasteiger partial charge in [0.05, 0.1) is 16.4 Å². The van der Waals surface area contributed by atoms with Crippen LogP contribution >= 0.6 is 0 Å². The summed E-state index contributed by atoms with van der Waals surface area (Å²) in [7, 11) is 0. The number of para-hydroxylation sites is 2. The van der Waals surface area contributed by atoms with Crippen molar-refractivity contribution in [3.63, 3.8) is 0 Å². The Morgan fingerprint density at radius 3 is 2.81 bits per heavy atom. The van der Waals surface area contributed by atoms with Gasteiger partial charge in [0.2, 0.25) is 17.8 Å². The van der Waals surface area contributed by atoms with E-state index in [-0.39, 0.29) is 35.2 Å². The highest BCUT2D eigenvalue weighted by atomic mass is 16.6. The van der Waals surface area contributed by atoms with Gasteiger partial charge < -0.3 is 15.5 Å². The first-order valence-corrected chi connectivity index (χ1v) is 10.1. The maximum Gasteiger partial charge on any atom is 0.292 e. The third-order valence-corrected chi connectivity index (χ3v) is 5.69. The number of hydrogen-bond acceptors (Lipinski definition) is 7. The number of amides is 2. The van der Waals surface area contributed by atoms with E-state index < -0.39 is 28.2 Å². The van der Waals surface area contributed by atoms with Crippen molar-refractivity contribution in [2.24, 2.45) is 0 Å². The van der Waals surface area contributed by atoms with Crippen molar-refractivity contribution in [3.05, 3.63) is 50.3 Å². The Kier molecular flexibility index (Phi) is 5.40. The number of anilines is 3. The van der Waals surface area contributed by atoms with Gasteiger partial charge in [-0.15, -0.1) is 0 Å². The minimum atomic E-state index is -1.12. The first kappa shape index (κ1) is 20.5. The molecule has 1 fully saturated rings. The molecule has 0 bridgehead atoms. The van der Waals surface area contributed by atoms with E-state index in [2.05, 4.69) is 20.6 Å². The number of aromatic nitrogens is 2.